The maximum absolute atomic E-state index is 13.1. The van der Waals surface area contributed by atoms with E-state index in [0.29, 0.717) is 27.8 Å². The molecule has 1 unspecified atom stereocenters. The van der Waals surface area contributed by atoms with E-state index < -0.39 is 11.9 Å². The molecule has 3 aromatic carbocycles. The van der Waals surface area contributed by atoms with E-state index in [1.54, 1.807) is 42.6 Å². The van der Waals surface area contributed by atoms with Crippen molar-refractivity contribution in [3.05, 3.63) is 112 Å². The van der Waals surface area contributed by atoms with Gasteiger partial charge in [-0.15, -0.1) is 0 Å². The predicted molar refractivity (Wildman–Crippen MR) is 174 cm³/mol. The summed E-state index contributed by atoms with van der Waals surface area (Å²) in [5, 5.41) is 19.9. The van der Waals surface area contributed by atoms with Gasteiger partial charge in [0.1, 0.15) is 18.2 Å². The molecule has 12 heteroatoms. The van der Waals surface area contributed by atoms with Gasteiger partial charge in [0.2, 0.25) is 17.7 Å². The van der Waals surface area contributed by atoms with E-state index in [0.717, 1.165) is 27.5 Å². The highest BCUT2D eigenvalue weighted by atomic mass is 16.2. The van der Waals surface area contributed by atoms with E-state index in [4.69, 9.17) is 0 Å². The second kappa shape index (κ2) is 12.4. The number of carbonyl (C=O) groups excluding carboxylic acids is 5. The summed E-state index contributed by atoms with van der Waals surface area (Å²) in [6, 6.07) is 23.1. The molecule has 7 rings (SSSR count). The zero-order chi connectivity index (χ0) is 33.4. The number of benzene rings is 3. The van der Waals surface area contributed by atoms with Gasteiger partial charge in [0.15, 0.2) is 0 Å². The van der Waals surface area contributed by atoms with Crippen LogP contribution in [0.4, 0.5) is 0 Å². The second-order valence-corrected chi connectivity index (χ2v) is 11.8. The van der Waals surface area contributed by atoms with Crippen molar-refractivity contribution in [2.75, 3.05) is 0 Å². The highest BCUT2D eigenvalue weighted by Crippen LogP contribution is 2.29. The number of pyridine rings is 1. The average Bonchev–Trinajstić information content (AvgIpc) is 3.60. The van der Waals surface area contributed by atoms with Crippen molar-refractivity contribution in [2.24, 2.45) is 0 Å². The van der Waals surface area contributed by atoms with Gasteiger partial charge in [-0.1, -0.05) is 30.3 Å². The monoisotopic (exact) mass is 639 g/mol. The number of piperidine rings is 1. The largest absolute Gasteiger partial charge is 0.350 e. The molecule has 4 heterocycles. The second-order valence-electron chi connectivity index (χ2n) is 11.8. The Hall–Kier alpha value is -6.35. The van der Waals surface area contributed by atoms with Crippen LogP contribution in [0.3, 0.4) is 0 Å². The van der Waals surface area contributed by atoms with E-state index in [1.165, 1.54) is 4.90 Å². The van der Waals surface area contributed by atoms with Crippen molar-refractivity contribution in [1.29, 1.82) is 5.26 Å². The summed E-state index contributed by atoms with van der Waals surface area (Å²) in [7, 11) is 0. The van der Waals surface area contributed by atoms with Crippen LogP contribution >= 0.6 is 0 Å². The quantitative estimate of drug-likeness (QED) is 0.220. The Bertz CT molecular complexity index is 2160. The van der Waals surface area contributed by atoms with Crippen LogP contribution in [0.2, 0.25) is 0 Å². The number of carbonyl (C=O) groups is 5. The number of rotatable bonds is 8. The van der Waals surface area contributed by atoms with E-state index >= 15 is 0 Å². The van der Waals surface area contributed by atoms with Crippen LogP contribution in [-0.2, 0) is 40.6 Å². The molecule has 2 aromatic heterocycles. The van der Waals surface area contributed by atoms with Gasteiger partial charge in [-0.3, -0.25) is 29.3 Å². The minimum Gasteiger partial charge on any atom is -0.350 e. The Balaban J connectivity index is 0.970. The first-order chi connectivity index (χ1) is 23.3. The third-order valence-corrected chi connectivity index (χ3v) is 8.84. The first kappa shape index (κ1) is 30.3. The smallest absolute Gasteiger partial charge is 0.255 e. The van der Waals surface area contributed by atoms with Crippen molar-refractivity contribution in [1.82, 2.24) is 30.4 Å². The van der Waals surface area contributed by atoms with Gasteiger partial charge >= 0.3 is 0 Å². The molecule has 12 nitrogen and oxygen atoms in total. The van der Waals surface area contributed by atoms with Gasteiger partial charge in [0.05, 0.1) is 17.1 Å². The fourth-order valence-electron chi connectivity index (χ4n) is 6.42. The predicted octanol–water partition coefficient (Wildman–Crippen LogP) is 3.07. The number of hydrogen-bond acceptors (Lipinski definition) is 7. The highest BCUT2D eigenvalue weighted by molar-refractivity contribution is 6.07. The van der Waals surface area contributed by atoms with Crippen LogP contribution in [0.25, 0.3) is 21.9 Å². The molecule has 48 heavy (non-hydrogen) atoms. The van der Waals surface area contributed by atoms with Crippen LogP contribution in [0.5, 0.6) is 0 Å². The van der Waals surface area contributed by atoms with Crippen molar-refractivity contribution in [2.45, 2.75) is 45.1 Å². The van der Waals surface area contributed by atoms with Crippen LogP contribution in [0, 0.1) is 11.3 Å². The molecule has 3 N–H and O–H groups in total. The van der Waals surface area contributed by atoms with E-state index in [2.05, 4.69) is 27.0 Å². The van der Waals surface area contributed by atoms with Crippen LogP contribution in [0.1, 0.15) is 55.8 Å². The number of hydrogen-bond donors (Lipinski definition) is 3. The summed E-state index contributed by atoms with van der Waals surface area (Å²) in [5.74, 6) is -1.75. The minimum absolute atomic E-state index is 0.0854. The maximum atomic E-state index is 13.1. The molecular weight excluding hydrogens is 610 g/mol. The molecule has 0 saturated carbocycles. The zero-order valence-electron chi connectivity index (χ0n) is 25.7. The van der Waals surface area contributed by atoms with Gasteiger partial charge in [-0.05, 0) is 65.6 Å². The third-order valence-electron chi connectivity index (χ3n) is 8.84. The van der Waals surface area contributed by atoms with Crippen molar-refractivity contribution >= 4 is 51.5 Å². The molecule has 0 spiro atoms. The molecule has 2 aliphatic heterocycles. The molecule has 1 saturated heterocycles. The topological polar surface area (TPSA) is 166 Å². The summed E-state index contributed by atoms with van der Waals surface area (Å²) in [5.41, 5.74) is 4.73. The highest BCUT2D eigenvalue weighted by Gasteiger charge is 2.39. The first-order valence-electron chi connectivity index (χ1n) is 15.5. The number of nitrogens with one attached hydrogen (secondary N) is 3. The molecule has 1 atom stereocenters. The fraction of sp³-hybridized carbons (Fsp3) is 0.194. The molecule has 0 radical (unpaired) electrons. The van der Waals surface area contributed by atoms with Gasteiger partial charge in [-0.2, -0.15) is 5.26 Å². The molecule has 5 aromatic rings. The van der Waals surface area contributed by atoms with Gasteiger partial charge in [-0.25, -0.2) is 4.98 Å². The van der Waals surface area contributed by atoms with Crippen LogP contribution < -0.4 is 16.0 Å². The molecular formula is C36H29N7O5. The Labute approximate surface area is 274 Å². The first-order valence-corrected chi connectivity index (χ1v) is 15.5. The van der Waals surface area contributed by atoms with Crippen molar-refractivity contribution in [3.63, 3.8) is 0 Å². The van der Waals surface area contributed by atoms with Gasteiger partial charge in [0.25, 0.3) is 11.8 Å². The van der Waals surface area contributed by atoms with E-state index in [1.807, 2.05) is 41.0 Å². The molecule has 0 aliphatic carbocycles. The number of aromatic nitrogens is 2. The number of amides is 5. The number of para-hydroxylation sites is 1. The molecule has 1 fully saturated rings. The summed E-state index contributed by atoms with van der Waals surface area (Å²) < 4.78 is 1.89. The third kappa shape index (κ3) is 5.62. The lowest BCUT2D eigenvalue weighted by atomic mass is 10.0. The normalized spacial score (nSPS) is 15.7. The maximum Gasteiger partial charge on any atom is 0.255 e. The van der Waals surface area contributed by atoms with Gasteiger partial charge in [0, 0.05) is 54.2 Å². The number of nitriles is 1. The Morgan fingerprint density at radius 2 is 1.79 bits per heavy atom. The standard InChI is InChI=1S/C36H29N7O5/c37-16-24-14-21(17-39-32(45)20-42-29-6-2-1-4-27(29)28-5-3-13-38-33(28)42)7-8-23(24)18-40-34(46)22-9-10-26-25(15-22)19-43(36(26)48)30-11-12-31(44)41-35(30)47/h1-10,13-15,30H,11-12,17-20H2,(H,39,45)(H,40,46)(H,41,44,47). The minimum atomic E-state index is -0.738. The summed E-state index contributed by atoms with van der Waals surface area (Å²) >= 11 is 0. The lowest BCUT2D eigenvalue weighted by Gasteiger charge is -2.29. The average molecular weight is 640 g/mol. The lowest BCUT2D eigenvalue weighted by molar-refractivity contribution is -0.137. The summed E-state index contributed by atoms with van der Waals surface area (Å²) in [4.78, 5) is 68.8. The lowest BCUT2D eigenvalue weighted by Crippen LogP contribution is -2.52. The van der Waals surface area contributed by atoms with Crippen molar-refractivity contribution < 1.29 is 24.0 Å². The molecule has 2 aliphatic rings. The summed E-state index contributed by atoms with van der Waals surface area (Å²) in [6.45, 7) is 0.553. The Kier molecular flexibility index (Phi) is 7.86. The summed E-state index contributed by atoms with van der Waals surface area (Å²) in [6.07, 6.45) is 2.12. The van der Waals surface area contributed by atoms with Gasteiger partial charge < -0.3 is 20.1 Å². The zero-order valence-corrected chi connectivity index (χ0v) is 25.7. The van der Waals surface area contributed by atoms with Crippen molar-refractivity contribution in [3.8, 4) is 6.07 Å². The Morgan fingerprint density at radius 1 is 0.958 bits per heavy atom. The van der Waals surface area contributed by atoms with Crippen LogP contribution in [-0.4, -0.2) is 50.0 Å². The molecule has 5 amide bonds. The number of imide groups is 1. The fourth-order valence-corrected chi connectivity index (χ4v) is 6.42. The number of nitrogens with zero attached hydrogens (tertiary/aromatic N) is 4. The number of fused-ring (bicyclic) bond motifs is 4. The Morgan fingerprint density at radius 3 is 2.62 bits per heavy atom. The van der Waals surface area contributed by atoms with Crippen LogP contribution in [0.15, 0.2) is 79.0 Å². The molecule has 238 valence electrons. The molecule has 0 bridgehead atoms. The SMILES string of the molecule is N#Cc1cc(CNC(=O)Cn2c3ccccc3c3cccnc32)ccc1CNC(=O)c1ccc2c(c1)CN(C1CCC(=O)NC1=O)C2=O. The van der Waals surface area contributed by atoms with E-state index in [9.17, 15) is 29.2 Å². The van der Waals surface area contributed by atoms with E-state index in [-0.39, 0.29) is 62.6 Å².